The van der Waals surface area contributed by atoms with Crippen molar-refractivity contribution in [2.45, 2.75) is 0 Å². The monoisotopic (exact) mass is 474 g/mol. The number of fused-ring (bicyclic) bond motifs is 3. The average Bonchev–Trinajstić information content (AvgIpc) is 2.86. The minimum absolute atomic E-state index is 0. The summed E-state index contributed by atoms with van der Waals surface area (Å²) in [7, 11) is 0. The molecule has 0 bridgehead atoms. The van der Waals surface area contributed by atoms with Crippen LogP contribution in [0.4, 0.5) is 0 Å². The zero-order chi connectivity index (χ0) is 23.0. The number of para-hydroxylation sites is 3. The summed E-state index contributed by atoms with van der Waals surface area (Å²) in [5, 5.41) is 30.8. The van der Waals surface area contributed by atoms with Gasteiger partial charge in [0.2, 0.25) is 0 Å². The van der Waals surface area contributed by atoms with Crippen LogP contribution in [0.5, 0.6) is 17.2 Å². The van der Waals surface area contributed by atoms with E-state index in [9.17, 15) is 15.3 Å². The first-order valence-electron chi connectivity index (χ1n) is 10.2. The van der Waals surface area contributed by atoms with Crippen molar-refractivity contribution in [3.8, 4) is 17.2 Å². The van der Waals surface area contributed by atoms with Gasteiger partial charge in [-0.3, -0.25) is 15.0 Å². The molecule has 6 nitrogen and oxygen atoms in total. The fourth-order valence-electron chi connectivity index (χ4n) is 3.26. The van der Waals surface area contributed by atoms with Gasteiger partial charge < -0.3 is 15.3 Å². The molecule has 0 spiro atoms. The summed E-state index contributed by atoms with van der Waals surface area (Å²) in [5.74, 6) is 0.717. The SMILES string of the molecule is Oc1cccc2cccnc12.Oc1cccc2cccnc12.Oc1cccc2cccnc12.[K]. The number of hydrogen-bond donors (Lipinski definition) is 3. The fourth-order valence-corrected chi connectivity index (χ4v) is 3.26. The number of nitrogens with zero attached hydrogens (tertiary/aromatic N) is 3. The number of pyridine rings is 3. The molecule has 3 aromatic carbocycles. The molecule has 0 atom stereocenters. The van der Waals surface area contributed by atoms with Crippen LogP contribution in [0.15, 0.2) is 110 Å². The van der Waals surface area contributed by atoms with E-state index < -0.39 is 0 Å². The van der Waals surface area contributed by atoms with Gasteiger partial charge in [-0.2, -0.15) is 0 Å². The van der Waals surface area contributed by atoms with Gasteiger partial charge in [0.05, 0.1) is 0 Å². The number of phenolic OH excluding ortho intramolecular Hbond substituents is 3. The number of rotatable bonds is 0. The van der Waals surface area contributed by atoms with Gasteiger partial charge in [-0.05, 0) is 36.4 Å². The fraction of sp³-hybridized carbons (Fsp3) is 0. The number of benzene rings is 3. The summed E-state index contributed by atoms with van der Waals surface area (Å²) in [5.41, 5.74) is 1.99. The molecular weight excluding hydrogens is 453 g/mol. The Morgan fingerprint density at radius 2 is 0.647 bits per heavy atom. The molecule has 0 unspecified atom stereocenters. The summed E-state index contributed by atoms with van der Waals surface area (Å²) in [4.78, 5) is 12.1. The Morgan fingerprint density at radius 3 is 0.912 bits per heavy atom. The smallest absolute Gasteiger partial charge is 0.141 e. The standard InChI is InChI=1S/3C9H7NO.K/c3*11-8-5-1-3-7-4-2-6-10-9(7)8;/h3*1-6,11H;. The maximum atomic E-state index is 9.31. The molecule has 7 heteroatoms. The predicted octanol–water partition coefficient (Wildman–Crippen LogP) is 5.44. The van der Waals surface area contributed by atoms with E-state index in [4.69, 9.17) is 0 Å². The van der Waals surface area contributed by atoms with Gasteiger partial charge in [-0.15, -0.1) is 0 Å². The average molecular weight is 475 g/mol. The molecule has 163 valence electrons. The Labute approximate surface area is 239 Å². The van der Waals surface area contributed by atoms with Crippen molar-refractivity contribution in [2.75, 3.05) is 0 Å². The minimum atomic E-state index is 0. The van der Waals surface area contributed by atoms with Gasteiger partial charge >= 0.3 is 0 Å². The second-order valence-electron chi connectivity index (χ2n) is 7.06. The van der Waals surface area contributed by atoms with E-state index in [0.29, 0.717) is 16.6 Å². The van der Waals surface area contributed by atoms with Crippen molar-refractivity contribution < 1.29 is 15.3 Å². The van der Waals surface area contributed by atoms with E-state index in [0.717, 1.165) is 16.2 Å². The molecule has 1 radical (unpaired) electrons. The topological polar surface area (TPSA) is 99.4 Å². The summed E-state index contributed by atoms with van der Waals surface area (Å²) in [6.07, 6.45) is 5.01. The second-order valence-corrected chi connectivity index (χ2v) is 7.06. The van der Waals surface area contributed by atoms with Gasteiger partial charge in [0.1, 0.15) is 33.8 Å². The van der Waals surface area contributed by atoms with Crippen LogP contribution in [0.1, 0.15) is 0 Å². The first kappa shape index (κ1) is 25.5. The van der Waals surface area contributed by atoms with Crippen LogP contribution < -0.4 is 0 Å². The summed E-state index contributed by atoms with van der Waals surface area (Å²) < 4.78 is 0. The van der Waals surface area contributed by atoms with E-state index in [1.54, 1.807) is 55.0 Å². The maximum absolute atomic E-state index is 9.31. The van der Waals surface area contributed by atoms with Crippen LogP contribution in [0, 0.1) is 0 Å². The Kier molecular flexibility index (Phi) is 9.32. The third-order valence-corrected chi connectivity index (χ3v) is 4.83. The van der Waals surface area contributed by atoms with E-state index in [2.05, 4.69) is 15.0 Å². The molecule has 0 saturated carbocycles. The molecule has 0 amide bonds. The summed E-state index contributed by atoms with van der Waals surface area (Å²) in [6, 6.07) is 27.4. The van der Waals surface area contributed by atoms with Crippen LogP contribution in [-0.4, -0.2) is 81.7 Å². The summed E-state index contributed by atoms with van der Waals surface area (Å²) >= 11 is 0. The van der Waals surface area contributed by atoms with E-state index in [1.165, 1.54) is 0 Å². The van der Waals surface area contributed by atoms with Crippen molar-refractivity contribution in [3.63, 3.8) is 0 Å². The van der Waals surface area contributed by atoms with E-state index in [-0.39, 0.29) is 68.6 Å². The molecule has 6 rings (SSSR count). The van der Waals surface area contributed by atoms with E-state index in [1.807, 2.05) is 54.6 Å². The molecule has 6 aromatic rings. The first-order valence-corrected chi connectivity index (χ1v) is 10.2. The van der Waals surface area contributed by atoms with Crippen LogP contribution >= 0.6 is 0 Å². The molecule has 3 aromatic heterocycles. The van der Waals surface area contributed by atoms with Crippen LogP contribution in [-0.2, 0) is 0 Å². The molecule has 0 saturated heterocycles. The van der Waals surface area contributed by atoms with Crippen LogP contribution in [0.2, 0.25) is 0 Å². The van der Waals surface area contributed by atoms with Crippen molar-refractivity contribution in [1.29, 1.82) is 0 Å². The molecule has 0 aliphatic rings. The van der Waals surface area contributed by atoms with Gasteiger partial charge in [0, 0.05) is 86.1 Å². The Bertz CT molecular complexity index is 1330. The molecule has 34 heavy (non-hydrogen) atoms. The van der Waals surface area contributed by atoms with E-state index >= 15 is 0 Å². The summed E-state index contributed by atoms with van der Waals surface area (Å²) in [6.45, 7) is 0. The maximum Gasteiger partial charge on any atom is 0.141 e. The van der Waals surface area contributed by atoms with Gasteiger partial charge in [-0.25, -0.2) is 0 Å². The Morgan fingerprint density at radius 1 is 0.382 bits per heavy atom. The van der Waals surface area contributed by atoms with Crippen molar-refractivity contribution in [1.82, 2.24) is 15.0 Å². The van der Waals surface area contributed by atoms with Gasteiger partial charge in [0.15, 0.2) is 0 Å². The number of aromatic nitrogens is 3. The minimum Gasteiger partial charge on any atom is -0.506 e. The number of aromatic hydroxyl groups is 3. The number of hydrogen-bond acceptors (Lipinski definition) is 6. The molecule has 0 aliphatic heterocycles. The van der Waals surface area contributed by atoms with Gasteiger partial charge in [0.25, 0.3) is 0 Å². The van der Waals surface area contributed by atoms with Gasteiger partial charge in [-0.1, -0.05) is 54.6 Å². The third-order valence-electron chi connectivity index (χ3n) is 4.83. The normalized spacial score (nSPS) is 9.88. The molecule has 3 N–H and O–H groups in total. The quantitative estimate of drug-likeness (QED) is 0.254. The largest absolute Gasteiger partial charge is 0.506 e. The predicted molar refractivity (Wildman–Crippen MR) is 136 cm³/mol. The molecule has 0 aliphatic carbocycles. The zero-order valence-electron chi connectivity index (χ0n) is 18.6. The first-order chi connectivity index (χ1) is 16.1. The second kappa shape index (κ2) is 12.4. The third kappa shape index (κ3) is 6.28. The van der Waals surface area contributed by atoms with Crippen LogP contribution in [0.3, 0.4) is 0 Å². The van der Waals surface area contributed by atoms with Crippen molar-refractivity contribution >= 4 is 84.1 Å². The molecular formula is C27H21KN3O3. The van der Waals surface area contributed by atoms with Crippen molar-refractivity contribution in [3.05, 3.63) is 110 Å². The van der Waals surface area contributed by atoms with Crippen LogP contribution in [0.25, 0.3) is 32.7 Å². The van der Waals surface area contributed by atoms with Crippen molar-refractivity contribution in [2.24, 2.45) is 0 Å². The molecule has 3 heterocycles. The molecule has 0 fully saturated rings. The zero-order valence-corrected chi connectivity index (χ0v) is 21.7. The number of phenols is 3. The Hall–Kier alpha value is -3.07. The Balaban J connectivity index is 0.000000141.